The van der Waals surface area contributed by atoms with Crippen LogP contribution in [0.3, 0.4) is 0 Å². The third-order valence-corrected chi connectivity index (χ3v) is 2.62. The smallest absolute Gasteiger partial charge is 0.0521 e. The summed E-state index contributed by atoms with van der Waals surface area (Å²) in [6.45, 7) is 8.73. The maximum Gasteiger partial charge on any atom is 0.0521 e. The van der Waals surface area contributed by atoms with Crippen molar-refractivity contribution in [1.82, 2.24) is 15.1 Å². The Bertz CT molecular complexity index is 278. The number of nitrogens with one attached hydrogen (secondary N) is 1. The summed E-state index contributed by atoms with van der Waals surface area (Å²) in [5.41, 5.74) is 1.36. The standard InChI is InChI=1S/C13H25N3/c1-4-5-9-16-11-13(10-15-16)7-6-8-14-12(2)3/h10-12,14H,4-9H2,1-3H3. The third-order valence-electron chi connectivity index (χ3n) is 2.62. The summed E-state index contributed by atoms with van der Waals surface area (Å²) in [6, 6.07) is 0.590. The van der Waals surface area contributed by atoms with E-state index in [0.717, 1.165) is 19.5 Å². The molecule has 1 aromatic rings. The van der Waals surface area contributed by atoms with Gasteiger partial charge >= 0.3 is 0 Å². The molecule has 0 aromatic carbocycles. The molecule has 0 radical (unpaired) electrons. The van der Waals surface area contributed by atoms with E-state index in [2.05, 4.69) is 42.1 Å². The lowest BCUT2D eigenvalue weighted by Crippen LogP contribution is -2.23. The Morgan fingerprint density at radius 2 is 2.19 bits per heavy atom. The van der Waals surface area contributed by atoms with Crippen LogP contribution < -0.4 is 5.32 Å². The first-order valence-corrected chi connectivity index (χ1v) is 6.47. The maximum atomic E-state index is 4.36. The van der Waals surface area contributed by atoms with Crippen LogP contribution in [-0.2, 0) is 13.0 Å². The molecule has 0 amide bonds. The normalized spacial score (nSPS) is 11.2. The van der Waals surface area contributed by atoms with Crippen LogP contribution in [0, 0.1) is 0 Å². The van der Waals surface area contributed by atoms with Crippen LogP contribution >= 0.6 is 0 Å². The predicted octanol–water partition coefficient (Wildman–Crippen LogP) is 2.61. The number of aromatic nitrogens is 2. The molecule has 0 spiro atoms. The van der Waals surface area contributed by atoms with Gasteiger partial charge in [0, 0.05) is 18.8 Å². The lowest BCUT2D eigenvalue weighted by Gasteiger charge is -2.06. The minimum Gasteiger partial charge on any atom is -0.315 e. The SMILES string of the molecule is CCCCn1cc(CCCNC(C)C)cn1. The van der Waals surface area contributed by atoms with Gasteiger partial charge in [-0.2, -0.15) is 5.10 Å². The van der Waals surface area contributed by atoms with Gasteiger partial charge in [-0.25, -0.2) is 0 Å². The fourth-order valence-electron chi connectivity index (χ4n) is 1.66. The summed E-state index contributed by atoms with van der Waals surface area (Å²) in [5, 5.41) is 7.79. The molecule has 1 aromatic heterocycles. The maximum absolute atomic E-state index is 4.36. The fraction of sp³-hybridized carbons (Fsp3) is 0.769. The van der Waals surface area contributed by atoms with Crippen molar-refractivity contribution in [2.24, 2.45) is 0 Å². The minimum absolute atomic E-state index is 0.590. The Morgan fingerprint density at radius 1 is 1.38 bits per heavy atom. The highest BCUT2D eigenvalue weighted by atomic mass is 15.3. The summed E-state index contributed by atoms with van der Waals surface area (Å²) >= 11 is 0. The Labute approximate surface area is 99.2 Å². The predicted molar refractivity (Wildman–Crippen MR) is 68.6 cm³/mol. The second-order valence-electron chi connectivity index (χ2n) is 4.68. The molecule has 1 N–H and O–H groups in total. The fourth-order valence-corrected chi connectivity index (χ4v) is 1.66. The lowest BCUT2D eigenvalue weighted by atomic mass is 10.2. The van der Waals surface area contributed by atoms with Gasteiger partial charge in [0.05, 0.1) is 6.20 Å². The Hall–Kier alpha value is -0.830. The van der Waals surface area contributed by atoms with Crippen LogP contribution in [0.25, 0.3) is 0 Å². The number of aryl methyl sites for hydroxylation is 2. The quantitative estimate of drug-likeness (QED) is 0.687. The van der Waals surface area contributed by atoms with Crippen LogP contribution in [0.1, 0.15) is 45.6 Å². The van der Waals surface area contributed by atoms with E-state index in [1.807, 2.05) is 6.20 Å². The van der Waals surface area contributed by atoms with Gasteiger partial charge in [0.25, 0.3) is 0 Å². The van der Waals surface area contributed by atoms with Crippen molar-refractivity contribution in [2.45, 2.75) is 59.0 Å². The second kappa shape index (κ2) is 7.44. The van der Waals surface area contributed by atoms with Crippen LogP contribution in [0.5, 0.6) is 0 Å². The molecule has 0 bridgehead atoms. The second-order valence-corrected chi connectivity index (χ2v) is 4.68. The molecule has 0 unspecified atom stereocenters. The zero-order valence-corrected chi connectivity index (χ0v) is 10.9. The van der Waals surface area contributed by atoms with E-state index in [-0.39, 0.29) is 0 Å². The summed E-state index contributed by atoms with van der Waals surface area (Å²) in [7, 11) is 0. The Morgan fingerprint density at radius 3 is 2.88 bits per heavy atom. The molecule has 3 heteroatoms. The highest BCUT2D eigenvalue weighted by Gasteiger charge is 1.98. The number of nitrogens with zero attached hydrogens (tertiary/aromatic N) is 2. The van der Waals surface area contributed by atoms with Gasteiger partial charge < -0.3 is 5.32 Å². The Balaban J connectivity index is 2.19. The molecule has 0 saturated carbocycles. The average molecular weight is 223 g/mol. The zero-order chi connectivity index (χ0) is 11.8. The highest BCUT2D eigenvalue weighted by Crippen LogP contribution is 2.03. The molecule has 0 saturated heterocycles. The lowest BCUT2D eigenvalue weighted by molar-refractivity contribution is 0.566. The molecule has 1 heterocycles. The van der Waals surface area contributed by atoms with E-state index >= 15 is 0 Å². The molecule has 3 nitrogen and oxygen atoms in total. The molecule has 0 fully saturated rings. The largest absolute Gasteiger partial charge is 0.315 e. The van der Waals surface area contributed by atoms with Crippen molar-refractivity contribution in [3.8, 4) is 0 Å². The monoisotopic (exact) mass is 223 g/mol. The zero-order valence-electron chi connectivity index (χ0n) is 10.9. The minimum atomic E-state index is 0.590. The molecule has 0 aliphatic heterocycles. The van der Waals surface area contributed by atoms with Gasteiger partial charge in [-0.3, -0.25) is 4.68 Å². The van der Waals surface area contributed by atoms with Crippen molar-refractivity contribution in [3.05, 3.63) is 18.0 Å². The third kappa shape index (κ3) is 5.31. The topological polar surface area (TPSA) is 29.9 Å². The number of rotatable bonds is 8. The summed E-state index contributed by atoms with van der Waals surface area (Å²) in [5.74, 6) is 0. The van der Waals surface area contributed by atoms with E-state index < -0.39 is 0 Å². The molecular formula is C13H25N3. The van der Waals surface area contributed by atoms with E-state index in [0.29, 0.717) is 6.04 Å². The summed E-state index contributed by atoms with van der Waals surface area (Å²) in [6.07, 6.45) is 8.96. The first-order chi connectivity index (χ1) is 7.72. The van der Waals surface area contributed by atoms with E-state index in [1.165, 1.54) is 24.8 Å². The van der Waals surface area contributed by atoms with Gasteiger partial charge in [0.1, 0.15) is 0 Å². The Kier molecular flexibility index (Phi) is 6.16. The van der Waals surface area contributed by atoms with Crippen LogP contribution in [0.2, 0.25) is 0 Å². The van der Waals surface area contributed by atoms with Gasteiger partial charge in [-0.15, -0.1) is 0 Å². The molecule has 16 heavy (non-hydrogen) atoms. The van der Waals surface area contributed by atoms with E-state index in [9.17, 15) is 0 Å². The van der Waals surface area contributed by atoms with Crippen LogP contribution in [-0.4, -0.2) is 22.4 Å². The van der Waals surface area contributed by atoms with Crippen molar-refractivity contribution in [2.75, 3.05) is 6.54 Å². The number of hydrogen-bond donors (Lipinski definition) is 1. The average Bonchev–Trinajstić information content (AvgIpc) is 2.69. The van der Waals surface area contributed by atoms with Gasteiger partial charge in [0.15, 0.2) is 0 Å². The molecule has 92 valence electrons. The molecule has 0 aliphatic rings. The van der Waals surface area contributed by atoms with E-state index in [4.69, 9.17) is 0 Å². The van der Waals surface area contributed by atoms with Gasteiger partial charge in [-0.1, -0.05) is 27.2 Å². The van der Waals surface area contributed by atoms with Crippen molar-refractivity contribution < 1.29 is 0 Å². The first kappa shape index (κ1) is 13.2. The van der Waals surface area contributed by atoms with E-state index in [1.54, 1.807) is 0 Å². The van der Waals surface area contributed by atoms with Crippen LogP contribution in [0.15, 0.2) is 12.4 Å². The first-order valence-electron chi connectivity index (χ1n) is 6.47. The molecule has 0 aliphatic carbocycles. The number of unbranched alkanes of at least 4 members (excludes halogenated alkanes) is 1. The van der Waals surface area contributed by atoms with Crippen molar-refractivity contribution >= 4 is 0 Å². The molecular weight excluding hydrogens is 198 g/mol. The molecule has 1 rings (SSSR count). The van der Waals surface area contributed by atoms with Crippen molar-refractivity contribution in [3.63, 3.8) is 0 Å². The van der Waals surface area contributed by atoms with Crippen LogP contribution in [0.4, 0.5) is 0 Å². The van der Waals surface area contributed by atoms with Gasteiger partial charge in [0.2, 0.25) is 0 Å². The van der Waals surface area contributed by atoms with Crippen molar-refractivity contribution in [1.29, 1.82) is 0 Å². The van der Waals surface area contributed by atoms with Gasteiger partial charge in [-0.05, 0) is 31.4 Å². The summed E-state index contributed by atoms with van der Waals surface area (Å²) in [4.78, 5) is 0. The highest BCUT2D eigenvalue weighted by molar-refractivity contribution is 5.03. The number of hydrogen-bond acceptors (Lipinski definition) is 2. The summed E-state index contributed by atoms with van der Waals surface area (Å²) < 4.78 is 2.06. The molecule has 0 atom stereocenters.